The van der Waals surface area contributed by atoms with Gasteiger partial charge in [-0.2, -0.15) is 0 Å². The van der Waals surface area contributed by atoms with Crippen molar-refractivity contribution >= 4 is 23.4 Å². The van der Waals surface area contributed by atoms with Gasteiger partial charge in [0.25, 0.3) is 5.91 Å². The zero-order valence-corrected chi connectivity index (χ0v) is 14.8. The Morgan fingerprint density at radius 3 is 2.52 bits per heavy atom. The number of hydrogen-bond acceptors (Lipinski definition) is 3. The zero-order valence-electron chi connectivity index (χ0n) is 14.0. The molecule has 0 aliphatic carbocycles. The Hall–Kier alpha value is -1.94. The van der Waals surface area contributed by atoms with Crippen molar-refractivity contribution in [1.29, 1.82) is 0 Å². The van der Waals surface area contributed by atoms with Crippen LogP contribution in [0, 0.1) is 0 Å². The van der Waals surface area contributed by atoms with Gasteiger partial charge in [0.1, 0.15) is 5.75 Å². The maximum Gasteiger partial charge on any atom is 0.265 e. The van der Waals surface area contributed by atoms with Crippen LogP contribution in [0.5, 0.6) is 5.75 Å². The Bertz CT molecular complexity index is 670. The Kier molecular flexibility index (Phi) is 6.11. The van der Waals surface area contributed by atoms with Gasteiger partial charge in [-0.05, 0) is 48.9 Å². The van der Waals surface area contributed by atoms with Crippen LogP contribution in [0.25, 0.3) is 0 Å². The van der Waals surface area contributed by atoms with Crippen LogP contribution in [-0.4, -0.2) is 18.3 Å². The van der Waals surface area contributed by atoms with Crippen LogP contribution in [-0.2, 0) is 4.79 Å². The Morgan fingerprint density at radius 1 is 1.09 bits per heavy atom. The van der Waals surface area contributed by atoms with E-state index in [9.17, 15) is 4.79 Å². The standard InChI is InChI=1S/C19H23NO2S/c1-13(2)15-8-7-9-16(12-15)22-14(3)19(21)20-17-10-5-6-11-18(17)23-4/h5-14H,1-4H3,(H,20,21). The fourth-order valence-corrected chi connectivity index (χ4v) is 2.74. The van der Waals surface area contributed by atoms with E-state index in [0.717, 1.165) is 16.3 Å². The molecule has 0 fully saturated rings. The molecule has 23 heavy (non-hydrogen) atoms. The summed E-state index contributed by atoms with van der Waals surface area (Å²) in [6.07, 6.45) is 1.43. The van der Waals surface area contributed by atoms with Gasteiger partial charge >= 0.3 is 0 Å². The van der Waals surface area contributed by atoms with Crippen LogP contribution in [0.4, 0.5) is 5.69 Å². The van der Waals surface area contributed by atoms with E-state index in [1.165, 1.54) is 5.56 Å². The number of nitrogens with one attached hydrogen (secondary N) is 1. The van der Waals surface area contributed by atoms with Gasteiger partial charge in [-0.3, -0.25) is 4.79 Å². The molecule has 2 rings (SSSR count). The second-order valence-electron chi connectivity index (χ2n) is 5.68. The number of ether oxygens (including phenoxy) is 1. The maximum atomic E-state index is 12.4. The van der Waals surface area contributed by atoms with E-state index in [4.69, 9.17) is 4.74 Å². The second-order valence-corrected chi connectivity index (χ2v) is 6.52. The largest absolute Gasteiger partial charge is 0.481 e. The second kappa shape index (κ2) is 8.06. The highest BCUT2D eigenvalue weighted by molar-refractivity contribution is 7.98. The minimum Gasteiger partial charge on any atom is -0.481 e. The fourth-order valence-electron chi connectivity index (χ4n) is 2.19. The molecule has 0 aromatic heterocycles. The Balaban J connectivity index is 2.04. The minimum absolute atomic E-state index is 0.151. The van der Waals surface area contributed by atoms with Crippen molar-refractivity contribution in [2.75, 3.05) is 11.6 Å². The van der Waals surface area contributed by atoms with Crippen molar-refractivity contribution in [2.45, 2.75) is 37.7 Å². The summed E-state index contributed by atoms with van der Waals surface area (Å²) in [7, 11) is 0. The number of anilines is 1. The number of carbonyl (C=O) groups is 1. The molecule has 2 aromatic carbocycles. The first kappa shape index (κ1) is 17.4. The number of carbonyl (C=O) groups excluding carboxylic acids is 1. The smallest absolute Gasteiger partial charge is 0.265 e. The topological polar surface area (TPSA) is 38.3 Å². The van der Waals surface area contributed by atoms with Crippen LogP contribution >= 0.6 is 11.8 Å². The van der Waals surface area contributed by atoms with Crippen molar-refractivity contribution in [2.24, 2.45) is 0 Å². The van der Waals surface area contributed by atoms with Crippen molar-refractivity contribution in [1.82, 2.24) is 0 Å². The van der Waals surface area contributed by atoms with E-state index in [-0.39, 0.29) is 5.91 Å². The van der Waals surface area contributed by atoms with E-state index in [1.54, 1.807) is 18.7 Å². The first-order valence-corrected chi connectivity index (χ1v) is 8.94. The van der Waals surface area contributed by atoms with Crippen LogP contribution in [0.15, 0.2) is 53.4 Å². The SMILES string of the molecule is CSc1ccccc1NC(=O)C(C)Oc1cccc(C(C)C)c1. The lowest BCUT2D eigenvalue weighted by atomic mass is 10.0. The van der Waals surface area contributed by atoms with E-state index in [2.05, 4.69) is 25.2 Å². The summed E-state index contributed by atoms with van der Waals surface area (Å²) in [5.74, 6) is 0.995. The lowest BCUT2D eigenvalue weighted by Crippen LogP contribution is -2.30. The molecular weight excluding hydrogens is 306 g/mol. The first-order chi connectivity index (χ1) is 11.0. The first-order valence-electron chi connectivity index (χ1n) is 7.71. The lowest BCUT2D eigenvalue weighted by molar-refractivity contribution is -0.122. The van der Waals surface area contributed by atoms with Gasteiger partial charge in [-0.25, -0.2) is 0 Å². The number of para-hydroxylation sites is 1. The molecule has 1 unspecified atom stereocenters. The fraction of sp³-hybridized carbons (Fsp3) is 0.316. The van der Waals surface area contributed by atoms with Crippen LogP contribution in [0.3, 0.4) is 0 Å². The summed E-state index contributed by atoms with van der Waals surface area (Å²) >= 11 is 1.60. The van der Waals surface area contributed by atoms with Gasteiger partial charge < -0.3 is 10.1 Å². The van der Waals surface area contributed by atoms with Crippen LogP contribution in [0.1, 0.15) is 32.3 Å². The molecule has 0 saturated carbocycles. The van der Waals surface area contributed by atoms with Crippen molar-refractivity contribution in [3.05, 3.63) is 54.1 Å². The molecule has 0 aliphatic rings. The van der Waals surface area contributed by atoms with Crippen molar-refractivity contribution in [3.63, 3.8) is 0 Å². The quantitative estimate of drug-likeness (QED) is 0.763. The van der Waals surface area contributed by atoms with E-state index >= 15 is 0 Å². The number of amides is 1. The average molecular weight is 329 g/mol. The molecule has 0 bridgehead atoms. The van der Waals surface area contributed by atoms with Gasteiger partial charge in [0.15, 0.2) is 6.10 Å². The summed E-state index contributed by atoms with van der Waals surface area (Å²) in [6, 6.07) is 15.6. The molecular formula is C19H23NO2S. The average Bonchev–Trinajstić information content (AvgIpc) is 2.55. The third-order valence-electron chi connectivity index (χ3n) is 3.57. The molecule has 122 valence electrons. The highest BCUT2D eigenvalue weighted by atomic mass is 32.2. The highest BCUT2D eigenvalue weighted by Crippen LogP contribution is 2.25. The monoisotopic (exact) mass is 329 g/mol. The summed E-state index contributed by atoms with van der Waals surface area (Å²) in [4.78, 5) is 13.4. The normalized spacial score (nSPS) is 12.0. The lowest BCUT2D eigenvalue weighted by Gasteiger charge is -2.17. The molecule has 1 amide bonds. The minimum atomic E-state index is -0.563. The van der Waals surface area contributed by atoms with Gasteiger partial charge in [0.05, 0.1) is 5.69 Å². The molecule has 0 spiro atoms. The molecule has 0 saturated heterocycles. The maximum absolute atomic E-state index is 12.4. The summed E-state index contributed by atoms with van der Waals surface area (Å²) in [6.45, 7) is 6.03. The Labute approximate surface area is 142 Å². The van der Waals surface area contributed by atoms with Crippen LogP contribution in [0.2, 0.25) is 0 Å². The van der Waals surface area contributed by atoms with Gasteiger partial charge in [0.2, 0.25) is 0 Å². The zero-order chi connectivity index (χ0) is 16.8. The third kappa shape index (κ3) is 4.76. The molecule has 2 aromatic rings. The van der Waals surface area contributed by atoms with Crippen molar-refractivity contribution < 1.29 is 9.53 Å². The van der Waals surface area contributed by atoms with Crippen LogP contribution < -0.4 is 10.1 Å². The molecule has 0 heterocycles. The number of benzene rings is 2. The number of rotatable bonds is 6. The van der Waals surface area contributed by atoms with E-state index in [0.29, 0.717) is 5.92 Å². The molecule has 0 aliphatic heterocycles. The van der Waals surface area contributed by atoms with Gasteiger partial charge in [-0.15, -0.1) is 11.8 Å². The third-order valence-corrected chi connectivity index (χ3v) is 4.37. The molecule has 4 heteroatoms. The molecule has 3 nitrogen and oxygen atoms in total. The molecule has 1 N–H and O–H groups in total. The molecule has 1 atom stereocenters. The van der Waals surface area contributed by atoms with E-state index in [1.807, 2.05) is 48.7 Å². The number of hydrogen-bond donors (Lipinski definition) is 1. The van der Waals surface area contributed by atoms with Crippen molar-refractivity contribution in [3.8, 4) is 5.75 Å². The predicted molar refractivity (Wildman–Crippen MR) is 97.5 cm³/mol. The Morgan fingerprint density at radius 2 is 1.83 bits per heavy atom. The summed E-state index contributed by atoms with van der Waals surface area (Å²) < 4.78 is 5.79. The van der Waals surface area contributed by atoms with Gasteiger partial charge in [0, 0.05) is 4.90 Å². The van der Waals surface area contributed by atoms with Gasteiger partial charge in [-0.1, -0.05) is 38.1 Å². The summed E-state index contributed by atoms with van der Waals surface area (Å²) in [5.41, 5.74) is 2.01. The molecule has 0 radical (unpaired) electrons. The number of thioether (sulfide) groups is 1. The predicted octanol–water partition coefficient (Wildman–Crippen LogP) is 4.94. The summed E-state index contributed by atoms with van der Waals surface area (Å²) in [5, 5.41) is 2.93. The van der Waals surface area contributed by atoms with E-state index < -0.39 is 6.10 Å². The highest BCUT2D eigenvalue weighted by Gasteiger charge is 2.16.